The molecule has 1 N–H and O–H groups in total. The maximum Gasteiger partial charge on any atom is 0.238 e. The molecule has 0 aliphatic rings. The summed E-state index contributed by atoms with van der Waals surface area (Å²) in [5.41, 5.74) is 1.15. The lowest BCUT2D eigenvalue weighted by Gasteiger charge is -2.20. The van der Waals surface area contributed by atoms with E-state index in [1.54, 1.807) is 30.3 Å². The first-order chi connectivity index (χ1) is 14.5. The molecule has 0 aliphatic heterocycles. The summed E-state index contributed by atoms with van der Waals surface area (Å²) in [6, 6.07) is 8.37. The Balaban J connectivity index is 1.95. The molecule has 1 heterocycles. The van der Waals surface area contributed by atoms with Crippen molar-refractivity contribution in [2.45, 2.75) is 26.7 Å². The molecule has 0 saturated carbocycles. The predicted molar refractivity (Wildman–Crippen MR) is 119 cm³/mol. The number of benzene rings is 2. The molecule has 0 radical (unpaired) electrons. The molecule has 7 heteroatoms. The minimum atomic E-state index is -0.222. The van der Waals surface area contributed by atoms with Crippen LogP contribution in [0.5, 0.6) is 11.5 Å². The number of amides is 1. The van der Waals surface area contributed by atoms with Crippen molar-refractivity contribution < 1.29 is 18.7 Å². The van der Waals surface area contributed by atoms with Crippen LogP contribution in [0.4, 0.5) is 5.69 Å². The Bertz CT molecular complexity index is 1100. The summed E-state index contributed by atoms with van der Waals surface area (Å²) >= 11 is 0. The van der Waals surface area contributed by atoms with Gasteiger partial charge in [0.15, 0.2) is 0 Å². The van der Waals surface area contributed by atoms with Gasteiger partial charge in [-0.3, -0.25) is 14.5 Å². The van der Waals surface area contributed by atoms with E-state index in [2.05, 4.69) is 24.1 Å². The zero-order valence-corrected chi connectivity index (χ0v) is 17.9. The fourth-order valence-corrected chi connectivity index (χ4v) is 3.58. The van der Waals surface area contributed by atoms with Crippen LogP contribution in [0.3, 0.4) is 0 Å². The first-order valence-corrected chi connectivity index (χ1v) is 10.2. The Labute approximate surface area is 175 Å². The summed E-state index contributed by atoms with van der Waals surface area (Å²) in [5.74, 6) is 0.808. The highest BCUT2D eigenvalue weighted by molar-refractivity contribution is 5.98. The zero-order chi connectivity index (χ0) is 21.7. The average molecular weight is 412 g/mol. The maximum atomic E-state index is 13.2. The molecular formula is C23H28N2O5. The van der Waals surface area contributed by atoms with Gasteiger partial charge in [0.25, 0.3) is 0 Å². The lowest BCUT2D eigenvalue weighted by atomic mass is 10.1. The third kappa shape index (κ3) is 4.57. The predicted octanol–water partition coefficient (Wildman–Crippen LogP) is 4.02. The molecular weight excluding hydrogens is 384 g/mol. The van der Waals surface area contributed by atoms with E-state index >= 15 is 0 Å². The van der Waals surface area contributed by atoms with E-state index in [9.17, 15) is 9.59 Å². The van der Waals surface area contributed by atoms with Crippen LogP contribution < -0.4 is 20.2 Å². The molecule has 0 spiro atoms. The number of methoxy groups -OCH3 is 2. The topological polar surface area (TPSA) is 81.0 Å². The fraction of sp³-hybridized carbons (Fsp3) is 0.391. The van der Waals surface area contributed by atoms with Gasteiger partial charge in [-0.15, -0.1) is 0 Å². The van der Waals surface area contributed by atoms with Gasteiger partial charge >= 0.3 is 0 Å². The number of ether oxygens (including phenoxy) is 2. The summed E-state index contributed by atoms with van der Waals surface area (Å²) in [5, 5.41) is 3.61. The third-order valence-corrected chi connectivity index (χ3v) is 4.90. The van der Waals surface area contributed by atoms with Crippen molar-refractivity contribution in [2.75, 3.05) is 39.2 Å². The van der Waals surface area contributed by atoms with Crippen LogP contribution >= 0.6 is 0 Å². The monoisotopic (exact) mass is 412 g/mol. The Morgan fingerprint density at radius 1 is 1.03 bits per heavy atom. The van der Waals surface area contributed by atoms with Crippen LogP contribution in [0.25, 0.3) is 21.9 Å². The molecule has 1 aromatic heterocycles. The van der Waals surface area contributed by atoms with Gasteiger partial charge in [0.05, 0.1) is 26.2 Å². The van der Waals surface area contributed by atoms with Gasteiger partial charge in [0.1, 0.15) is 28.1 Å². The number of carbonyl (C=O) groups is 1. The highest BCUT2D eigenvalue weighted by Gasteiger charge is 2.16. The van der Waals surface area contributed by atoms with Crippen molar-refractivity contribution in [3.8, 4) is 11.5 Å². The normalized spacial score (nSPS) is 11.2. The molecule has 3 aromatic rings. The first kappa shape index (κ1) is 21.6. The molecule has 7 nitrogen and oxygen atoms in total. The molecule has 30 heavy (non-hydrogen) atoms. The van der Waals surface area contributed by atoms with Crippen LogP contribution in [0.2, 0.25) is 0 Å². The molecule has 0 atom stereocenters. The lowest BCUT2D eigenvalue weighted by Crippen LogP contribution is -2.34. The smallest absolute Gasteiger partial charge is 0.238 e. The molecule has 0 fully saturated rings. The van der Waals surface area contributed by atoms with Crippen LogP contribution in [0.1, 0.15) is 26.7 Å². The molecule has 0 aliphatic carbocycles. The van der Waals surface area contributed by atoms with Crippen molar-refractivity contribution in [3.63, 3.8) is 0 Å². The summed E-state index contributed by atoms with van der Waals surface area (Å²) in [7, 11) is 3.03. The highest BCUT2D eigenvalue weighted by Crippen LogP contribution is 2.31. The molecule has 0 unspecified atom stereocenters. The van der Waals surface area contributed by atoms with Gasteiger partial charge in [-0.25, -0.2) is 0 Å². The van der Waals surface area contributed by atoms with Gasteiger partial charge in [0, 0.05) is 17.8 Å². The minimum absolute atomic E-state index is 0.108. The fourth-order valence-electron chi connectivity index (χ4n) is 3.58. The number of nitrogens with zero attached hydrogens (tertiary/aromatic N) is 1. The van der Waals surface area contributed by atoms with Crippen LogP contribution in [0, 0.1) is 0 Å². The van der Waals surface area contributed by atoms with E-state index in [0.717, 1.165) is 25.9 Å². The third-order valence-electron chi connectivity index (χ3n) is 4.90. The van der Waals surface area contributed by atoms with Crippen molar-refractivity contribution in [1.82, 2.24) is 4.90 Å². The van der Waals surface area contributed by atoms with Crippen molar-refractivity contribution in [1.29, 1.82) is 0 Å². The van der Waals surface area contributed by atoms with E-state index < -0.39 is 0 Å². The number of carbonyl (C=O) groups excluding carboxylic acids is 1. The number of fused-ring (bicyclic) bond motifs is 2. The Hall–Kier alpha value is -3.06. The minimum Gasteiger partial charge on any atom is -0.496 e. The molecule has 3 rings (SSSR count). The molecule has 0 bridgehead atoms. The summed E-state index contributed by atoms with van der Waals surface area (Å²) in [4.78, 5) is 27.8. The Morgan fingerprint density at radius 3 is 2.40 bits per heavy atom. The number of hydrogen-bond donors (Lipinski definition) is 1. The zero-order valence-electron chi connectivity index (χ0n) is 17.9. The highest BCUT2D eigenvalue weighted by atomic mass is 16.5. The first-order valence-electron chi connectivity index (χ1n) is 10.2. The summed E-state index contributed by atoms with van der Waals surface area (Å²) in [6.45, 7) is 6.25. The Kier molecular flexibility index (Phi) is 6.95. The Morgan fingerprint density at radius 2 is 1.77 bits per heavy atom. The van der Waals surface area contributed by atoms with Crippen LogP contribution in [-0.2, 0) is 4.79 Å². The van der Waals surface area contributed by atoms with Gasteiger partial charge in [0.2, 0.25) is 11.3 Å². The average Bonchev–Trinajstić information content (AvgIpc) is 2.73. The molecule has 2 aromatic carbocycles. The number of hydrogen-bond acceptors (Lipinski definition) is 6. The summed E-state index contributed by atoms with van der Waals surface area (Å²) < 4.78 is 16.5. The van der Waals surface area contributed by atoms with Crippen molar-refractivity contribution in [3.05, 3.63) is 40.6 Å². The summed E-state index contributed by atoms with van der Waals surface area (Å²) in [6.07, 6.45) is 1.98. The van der Waals surface area contributed by atoms with E-state index in [0.29, 0.717) is 45.7 Å². The molecule has 1 amide bonds. The van der Waals surface area contributed by atoms with E-state index in [-0.39, 0.29) is 11.3 Å². The van der Waals surface area contributed by atoms with Crippen molar-refractivity contribution >= 4 is 33.5 Å². The van der Waals surface area contributed by atoms with Crippen LogP contribution in [0.15, 0.2) is 39.5 Å². The van der Waals surface area contributed by atoms with Gasteiger partial charge in [-0.2, -0.15) is 0 Å². The molecule has 160 valence electrons. The van der Waals surface area contributed by atoms with Crippen LogP contribution in [-0.4, -0.2) is 44.7 Å². The van der Waals surface area contributed by atoms with Crippen molar-refractivity contribution in [2.24, 2.45) is 0 Å². The largest absolute Gasteiger partial charge is 0.496 e. The quantitative estimate of drug-likeness (QED) is 0.535. The lowest BCUT2D eigenvalue weighted by molar-refractivity contribution is -0.117. The standard InChI is InChI=1S/C23H28N2O5/c1-5-9-25(10-6-2)14-21(26)24-15-7-8-18-17(11-15)23(27)22-19(29-4)12-16(28-3)13-20(22)30-18/h7-8,11-13H,5-6,9-10,14H2,1-4H3,(H,24,26). The number of anilines is 1. The van der Waals surface area contributed by atoms with Gasteiger partial charge in [-0.05, 0) is 44.1 Å². The number of nitrogens with one attached hydrogen (secondary N) is 1. The van der Waals surface area contributed by atoms with E-state index in [4.69, 9.17) is 13.9 Å². The van der Waals surface area contributed by atoms with E-state index in [1.807, 2.05) is 0 Å². The second-order valence-corrected chi connectivity index (χ2v) is 7.17. The second kappa shape index (κ2) is 9.63. The maximum absolute atomic E-state index is 13.2. The molecule has 0 saturated heterocycles. The van der Waals surface area contributed by atoms with Gasteiger partial charge < -0.3 is 19.2 Å². The number of rotatable bonds is 9. The van der Waals surface area contributed by atoms with Gasteiger partial charge in [-0.1, -0.05) is 13.8 Å². The SMILES string of the molecule is CCCN(CCC)CC(=O)Nc1ccc2oc3cc(OC)cc(OC)c3c(=O)c2c1. The van der Waals surface area contributed by atoms with E-state index in [1.165, 1.54) is 14.2 Å². The second-order valence-electron chi connectivity index (χ2n) is 7.17.